The molecule has 19 heavy (non-hydrogen) atoms. The molecular formula is C15H15N3O. The van der Waals surface area contributed by atoms with Gasteiger partial charge in [-0.15, -0.1) is 0 Å². The number of anilines is 1. The first-order chi connectivity index (χ1) is 9.02. The molecule has 0 aliphatic carbocycles. The lowest BCUT2D eigenvalue weighted by Crippen LogP contribution is -2.00. The first kappa shape index (κ1) is 12.9. The molecule has 96 valence electrons. The highest BCUT2D eigenvalue weighted by Gasteiger charge is 2.12. The van der Waals surface area contributed by atoms with E-state index in [0.717, 1.165) is 16.8 Å². The number of nitrogens with two attached hydrogens (primary N) is 1. The Bertz CT molecular complexity index is 672. The molecule has 0 bridgehead atoms. The molecule has 0 unspecified atom stereocenters. The Morgan fingerprint density at radius 2 is 1.95 bits per heavy atom. The lowest BCUT2D eigenvalue weighted by Gasteiger charge is -2.12. The molecule has 2 N–H and O–H groups in total. The molecule has 2 aromatic rings. The third-order valence-electron chi connectivity index (χ3n) is 2.91. The smallest absolute Gasteiger partial charge is 0.237 e. The number of pyridine rings is 1. The highest BCUT2D eigenvalue weighted by Crippen LogP contribution is 2.31. The van der Waals surface area contributed by atoms with Crippen molar-refractivity contribution in [3.63, 3.8) is 0 Å². The second-order valence-electron chi connectivity index (χ2n) is 4.46. The van der Waals surface area contributed by atoms with E-state index in [1.807, 2.05) is 39.0 Å². The van der Waals surface area contributed by atoms with Crippen molar-refractivity contribution in [2.24, 2.45) is 0 Å². The minimum atomic E-state index is 0.303. The van der Waals surface area contributed by atoms with Crippen LogP contribution in [0.2, 0.25) is 0 Å². The van der Waals surface area contributed by atoms with Gasteiger partial charge in [-0.2, -0.15) is 5.26 Å². The lowest BCUT2D eigenvalue weighted by molar-refractivity contribution is 0.461. The summed E-state index contributed by atoms with van der Waals surface area (Å²) in [5.74, 6) is 0.825. The molecule has 0 fully saturated rings. The number of nitriles is 1. The monoisotopic (exact) mass is 253 g/mol. The molecule has 0 aliphatic rings. The molecule has 4 nitrogen and oxygen atoms in total. The van der Waals surface area contributed by atoms with E-state index in [1.54, 1.807) is 6.07 Å². The summed E-state index contributed by atoms with van der Waals surface area (Å²) in [6.45, 7) is 5.63. The van der Waals surface area contributed by atoms with Gasteiger partial charge in [0, 0.05) is 5.69 Å². The maximum absolute atomic E-state index is 9.19. The number of hydrogen-bond donors (Lipinski definition) is 1. The van der Waals surface area contributed by atoms with Crippen LogP contribution in [0.1, 0.15) is 22.4 Å². The standard InChI is InChI=1S/C15H15N3O/c1-9-5-4-6-13(14(9)17)19-15-12(8-16)10(2)7-11(3)18-15/h4-7H,17H2,1-3H3. The Hall–Kier alpha value is -2.54. The van der Waals surface area contributed by atoms with Crippen LogP contribution in [0.3, 0.4) is 0 Å². The van der Waals surface area contributed by atoms with Crippen LogP contribution in [-0.2, 0) is 0 Å². The zero-order chi connectivity index (χ0) is 14.0. The van der Waals surface area contributed by atoms with Gasteiger partial charge in [-0.3, -0.25) is 0 Å². The Kier molecular flexibility index (Phi) is 3.39. The van der Waals surface area contributed by atoms with E-state index in [9.17, 15) is 5.26 Å². The lowest BCUT2D eigenvalue weighted by atomic mass is 10.1. The van der Waals surface area contributed by atoms with Gasteiger partial charge in [0.25, 0.3) is 0 Å². The molecule has 0 saturated carbocycles. The fourth-order valence-electron chi connectivity index (χ4n) is 1.86. The molecule has 0 amide bonds. The maximum atomic E-state index is 9.19. The van der Waals surface area contributed by atoms with E-state index < -0.39 is 0 Å². The van der Waals surface area contributed by atoms with Crippen LogP contribution in [0, 0.1) is 32.1 Å². The topological polar surface area (TPSA) is 71.9 Å². The van der Waals surface area contributed by atoms with Gasteiger partial charge < -0.3 is 10.5 Å². The molecule has 0 radical (unpaired) electrons. The maximum Gasteiger partial charge on any atom is 0.237 e. The summed E-state index contributed by atoms with van der Waals surface area (Å²) in [7, 11) is 0. The van der Waals surface area contributed by atoms with Crippen molar-refractivity contribution in [2.45, 2.75) is 20.8 Å². The summed E-state index contributed by atoms with van der Waals surface area (Å²) in [5, 5.41) is 9.19. The molecule has 1 aromatic carbocycles. The van der Waals surface area contributed by atoms with Crippen molar-refractivity contribution < 1.29 is 4.74 Å². The van der Waals surface area contributed by atoms with Crippen molar-refractivity contribution in [1.82, 2.24) is 4.98 Å². The number of benzene rings is 1. The summed E-state index contributed by atoms with van der Waals surface area (Å²) >= 11 is 0. The summed E-state index contributed by atoms with van der Waals surface area (Å²) < 4.78 is 5.72. The minimum Gasteiger partial charge on any atom is -0.435 e. The third kappa shape index (κ3) is 2.50. The molecule has 4 heteroatoms. The zero-order valence-corrected chi connectivity index (χ0v) is 11.2. The molecule has 2 rings (SSSR count). The second-order valence-corrected chi connectivity index (χ2v) is 4.46. The zero-order valence-electron chi connectivity index (χ0n) is 11.2. The fraction of sp³-hybridized carbons (Fsp3) is 0.200. The van der Waals surface area contributed by atoms with Crippen molar-refractivity contribution in [1.29, 1.82) is 5.26 Å². The summed E-state index contributed by atoms with van der Waals surface area (Å²) in [4.78, 5) is 4.27. The van der Waals surface area contributed by atoms with E-state index in [-0.39, 0.29) is 0 Å². The number of ether oxygens (including phenoxy) is 1. The average Bonchev–Trinajstić information content (AvgIpc) is 2.34. The van der Waals surface area contributed by atoms with Crippen LogP contribution in [0.25, 0.3) is 0 Å². The first-order valence-corrected chi connectivity index (χ1v) is 5.94. The van der Waals surface area contributed by atoms with Gasteiger partial charge in [0.1, 0.15) is 11.6 Å². The Labute approximate surface area is 112 Å². The quantitative estimate of drug-likeness (QED) is 0.834. The molecule has 1 heterocycles. The Balaban J connectivity index is 2.50. The van der Waals surface area contributed by atoms with Gasteiger partial charge in [0.15, 0.2) is 5.75 Å². The Morgan fingerprint density at radius 1 is 1.21 bits per heavy atom. The van der Waals surface area contributed by atoms with E-state index in [1.165, 1.54) is 0 Å². The largest absolute Gasteiger partial charge is 0.435 e. The highest BCUT2D eigenvalue weighted by atomic mass is 16.5. The first-order valence-electron chi connectivity index (χ1n) is 5.94. The van der Waals surface area contributed by atoms with Gasteiger partial charge in [-0.05, 0) is 44.0 Å². The van der Waals surface area contributed by atoms with Gasteiger partial charge in [-0.25, -0.2) is 4.98 Å². The van der Waals surface area contributed by atoms with Gasteiger partial charge in [-0.1, -0.05) is 12.1 Å². The highest BCUT2D eigenvalue weighted by molar-refractivity contribution is 5.59. The van der Waals surface area contributed by atoms with Crippen LogP contribution in [0.5, 0.6) is 11.6 Å². The molecule has 0 aliphatic heterocycles. The van der Waals surface area contributed by atoms with Gasteiger partial charge in [0.05, 0.1) is 5.69 Å². The van der Waals surface area contributed by atoms with Crippen molar-refractivity contribution in [2.75, 3.05) is 5.73 Å². The summed E-state index contributed by atoms with van der Waals surface area (Å²) in [6, 6.07) is 9.50. The number of nitrogens with zero attached hydrogens (tertiary/aromatic N) is 2. The van der Waals surface area contributed by atoms with E-state index in [2.05, 4.69) is 11.1 Å². The van der Waals surface area contributed by atoms with Gasteiger partial charge >= 0.3 is 0 Å². The van der Waals surface area contributed by atoms with Crippen LogP contribution in [-0.4, -0.2) is 4.98 Å². The molecular weight excluding hydrogens is 238 g/mol. The Morgan fingerprint density at radius 3 is 2.63 bits per heavy atom. The number of para-hydroxylation sites is 1. The van der Waals surface area contributed by atoms with E-state index in [0.29, 0.717) is 22.9 Å². The number of rotatable bonds is 2. The fourth-order valence-corrected chi connectivity index (χ4v) is 1.86. The minimum absolute atomic E-state index is 0.303. The van der Waals surface area contributed by atoms with Crippen molar-refractivity contribution in [3.8, 4) is 17.7 Å². The molecule has 0 saturated heterocycles. The predicted octanol–water partition coefficient (Wildman–Crippen LogP) is 3.25. The van der Waals surface area contributed by atoms with Crippen LogP contribution in [0.4, 0.5) is 5.69 Å². The van der Waals surface area contributed by atoms with Crippen LogP contribution in [0.15, 0.2) is 24.3 Å². The predicted molar refractivity (Wildman–Crippen MR) is 74.1 cm³/mol. The van der Waals surface area contributed by atoms with Crippen molar-refractivity contribution in [3.05, 3.63) is 46.6 Å². The number of aryl methyl sites for hydroxylation is 3. The number of hydrogen-bond acceptors (Lipinski definition) is 4. The second kappa shape index (κ2) is 4.99. The van der Waals surface area contributed by atoms with Crippen LogP contribution < -0.4 is 10.5 Å². The number of nitrogen functional groups attached to an aromatic ring is 1. The molecule has 1 aromatic heterocycles. The summed E-state index contributed by atoms with van der Waals surface area (Å²) in [5.41, 5.74) is 9.54. The van der Waals surface area contributed by atoms with Crippen LogP contribution >= 0.6 is 0 Å². The SMILES string of the molecule is Cc1cc(C)c(C#N)c(Oc2cccc(C)c2N)n1. The molecule has 0 atom stereocenters. The normalized spacial score (nSPS) is 10.0. The summed E-state index contributed by atoms with van der Waals surface area (Å²) in [6.07, 6.45) is 0. The third-order valence-corrected chi connectivity index (χ3v) is 2.91. The average molecular weight is 253 g/mol. The molecule has 0 spiro atoms. The van der Waals surface area contributed by atoms with Crippen molar-refractivity contribution >= 4 is 5.69 Å². The number of aromatic nitrogens is 1. The van der Waals surface area contributed by atoms with Gasteiger partial charge in [0.2, 0.25) is 5.88 Å². The van der Waals surface area contributed by atoms with E-state index in [4.69, 9.17) is 10.5 Å². The van der Waals surface area contributed by atoms with E-state index >= 15 is 0 Å².